The van der Waals surface area contributed by atoms with Gasteiger partial charge in [-0.3, -0.25) is 0 Å². The number of sulfonamides is 1. The molecule has 0 spiro atoms. The van der Waals surface area contributed by atoms with Gasteiger partial charge in [0.1, 0.15) is 0 Å². The summed E-state index contributed by atoms with van der Waals surface area (Å²) in [5.41, 5.74) is 0. The van der Waals surface area contributed by atoms with Crippen molar-refractivity contribution in [1.29, 1.82) is 0 Å². The normalized spacial score (nSPS) is 21.6. The van der Waals surface area contributed by atoms with Gasteiger partial charge in [-0.15, -0.1) is 11.3 Å². The van der Waals surface area contributed by atoms with Crippen LogP contribution in [0.25, 0.3) is 0 Å². The van der Waals surface area contributed by atoms with E-state index in [2.05, 4.69) is 4.72 Å². The predicted octanol–water partition coefficient (Wildman–Crippen LogP) is 0.698. The Balaban J connectivity index is 2.13. The van der Waals surface area contributed by atoms with Crippen molar-refractivity contribution in [3.63, 3.8) is 0 Å². The van der Waals surface area contributed by atoms with Gasteiger partial charge in [-0.2, -0.15) is 0 Å². The van der Waals surface area contributed by atoms with Crippen LogP contribution in [0.2, 0.25) is 0 Å². The van der Waals surface area contributed by atoms with Gasteiger partial charge in [0.05, 0.1) is 18.1 Å². The summed E-state index contributed by atoms with van der Waals surface area (Å²) in [6.45, 7) is 0.853. The molecule has 1 aromatic rings. The van der Waals surface area contributed by atoms with Gasteiger partial charge >= 0.3 is 0 Å². The average molecular weight is 277 g/mol. The fourth-order valence-corrected chi connectivity index (χ4v) is 4.35. The molecular formula is C10H15NO4S2. The highest BCUT2D eigenvalue weighted by Crippen LogP contribution is 2.22. The molecule has 0 aliphatic carbocycles. The predicted molar refractivity (Wildman–Crippen MR) is 64.4 cm³/mol. The molecule has 0 saturated carbocycles. The molecule has 0 amide bonds. The highest BCUT2D eigenvalue weighted by atomic mass is 32.2. The van der Waals surface area contributed by atoms with Crippen molar-refractivity contribution in [2.75, 3.05) is 13.2 Å². The van der Waals surface area contributed by atoms with Gasteiger partial charge in [-0.25, -0.2) is 13.1 Å². The lowest BCUT2D eigenvalue weighted by molar-refractivity contribution is 0.0774. The van der Waals surface area contributed by atoms with E-state index in [-0.39, 0.29) is 17.5 Å². The highest BCUT2D eigenvalue weighted by Gasteiger charge is 2.24. The third kappa shape index (κ3) is 3.05. The Hall–Kier alpha value is -0.470. The fraction of sp³-hybridized carbons (Fsp3) is 0.600. The maximum absolute atomic E-state index is 12.1. The zero-order valence-electron chi connectivity index (χ0n) is 9.26. The molecule has 1 fully saturated rings. The summed E-state index contributed by atoms with van der Waals surface area (Å²) in [6, 6.07) is 1.35. The van der Waals surface area contributed by atoms with Gasteiger partial charge in [-0.05, 0) is 24.3 Å². The zero-order valence-corrected chi connectivity index (χ0v) is 10.9. The number of ether oxygens (including phenoxy) is 1. The molecule has 1 atom stereocenters. The van der Waals surface area contributed by atoms with Crippen LogP contribution in [0.4, 0.5) is 0 Å². The van der Waals surface area contributed by atoms with E-state index in [0.29, 0.717) is 18.1 Å². The number of hydrogen-bond acceptors (Lipinski definition) is 5. The van der Waals surface area contributed by atoms with Gasteiger partial charge in [-0.1, -0.05) is 0 Å². The first-order valence-electron chi connectivity index (χ1n) is 5.41. The monoisotopic (exact) mass is 277 g/mol. The number of hydrogen-bond donors (Lipinski definition) is 2. The second-order valence-corrected chi connectivity index (χ2v) is 6.58. The van der Waals surface area contributed by atoms with Crippen molar-refractivity contribution in [3.05, 3.63) is 16.3 Å². The molecule has 7 heteroatoms. The number of rotatable bonds is 4. The number of aliphatic hydroxyl groups excluding tert-OH is 1. The van der Waals surface area contributed by atoms with Crippen LogP contribution in [0, 0.1) is 0 Å². The summed E-state index contributed by atoms with van der Waals surface area (Å²) in [5.74, 6) is 0. The van der Waals surface area contributed by atoms with Gasteiger partial charge < -0.3 is 9.84 Å². The maximum atomic E-state index is 12.1. The fourth-order valence-electron chi connectivity index (χ4n) is 1.80. The third-order valence-corrected chi connectivity index (χ3v) is 5.26. The molecule has 1 aromatic heterocycles. The van der Waals surface area contributed by atoms with E-state index >= 15 is 0 Å². The van der Waals surface area contributed by atoms with Crippen molar-refractivity contribution in [2.24, 2.45) is 0 Å². The average Bonchev–Trinajstić information content (AvgIpc) is 2.78. The van der Waals surface area contributed by atoms with Crippen molar-refractivity contribution in [3.8, 4) is 0 Å². The minimum Gasteiger partial charge on any atom is -0.391 e. The summed E-state index contributed by atoms with van der Waals surface area (Å²) in [4.78, 5) is 0.643. The van der Waals surface area contributed by atoms with Crippen molar-refractivity contribution in [2.45, 2.75) is 30.4 Å². The standard InChI is InChI=1S/C10H15NO4S2/c12-6-9-10(3-5-16-9)17(13,14)11-8-2-1-4-15-7-8/h3,5,8,11-12H,1-2,4,6-7H2. The van der Waals surface area contributed by atoms with Gasteiger partial charge in [0, 0.05) is 17.5 Å². The van der Waals surface area contributed by atoms with Crippen molar-refractivity contribution >= 4 is 21.4 Å². The SMILES string of the molecule is O=S(=O)(NC1CCCOC1)c1ccsc1CO. The Kier molecular flexibility index (Phi) is 4.16. The lowest BCUT2D eigenvalue weighted by atomic mass is 10.1. The quantitative estimate of drug-likeness (QED) is 0.849. The second-order valence-electron chi connectivity index (χ2n) is 3.90. The minimum absolute atomic E-state index is 0.166. The molecule has 0 bridgehead atoms. The molecule has 1 aliphatic rings. The zero-order chi connectivity index (χ0) is 12.3. The van der Waals surface area contributed by atoms with E-state index in [4.69, 9.17) is 9.84 Å². The Morgan fingerprint density at radius 2 is 2.41 bits per heavy atom. The van der Waals surface area contributed by atoms with Crippen LogP contribution in [0.3, 0.4) is 0 Å². The van der Waals surface area contributed by atoms with E-state index in [0.717, 1.165) is 12.8 Å². The van der Waals surface area contributed by atoms with Crippen LogP contribution < -0.4 is 4.72 Å². The Bertz CT molecular complexity index is 462. The molecule has 0 aromatic carbocycles. The lowest BCUT2D eigenvalue weighted by Gasteiger charge is -2.22. The van der Waals surface area contributed by atoms with Crippen molar-refractivity contribution in [1.82, 2.24) is 4.72 Å². The number of thiophene rings is 1. The van der Waals surface area contributed by atoms with Crippen LogP contribution in [-0.2, 0) is 21.4 Å². The van der Waals surface area contributed by atoms with E-state index in [1.165, 1.54) is 17.4 Å². The molecule has 17 heavy (non-hydrogen) atoms. The Morgan fingerprint density at radius 3 is 3.06 bits per heavy atom. The minimum atomic E-state index is -3.54. The van der Waals surface area contributed by atoms with Crippen LogP contribution in [-0.4, -0.2) is 32.8 Å². The molecule has 2 rings (SSSR count). The summed E-state index contributed by atoms with van der Waals surface area (Å²) < 4.78 is 32.0. The molecule has 5 nitrogen and oxygen atoms in total. The van der Waals surface area contributed by atoms with Crippen molar-refractivity contribution < 1.29 is 18.3 Å². The van der Waals surface area contributed by atoms with Gasteiger partial charge in [0.15, 0.2) is 0 Å². The van der Waals surface area contributed by atoms with Gasteiger partial charge in [0.25, 0.3) is 0 Å². The topological polar surface area (TPSA) is 75.6 Å². The largest absolute Gasteiger partial charge is 0.391 e. The smallest absolute Gasteiger partial charge is 0.242 e. The number of nitrogens with one attached hydrogen (secondary N) is 1. The third-order valence-electron chi connectivity index (χ3n) is 2.62. The summed E-state index contributed by atoms with van der Waals surface area (Å²) >= 11 is 1.24. The Labute approximate surface area is 104 Å². The first kappa shape index (κ1) is 13.0. The van der Waals surface area contributed by atoms with E-state index in [1.54, 1.807) is 5.38 Å². The molecular weight excluding hydrogens is 262 g/mol. The second kappa shape index (κ2) is 5.45. The molecule has 1 saturated heterocycles. The molecule has 1 unspecified atom stereocenters. The first-order valence-corrected chi connectivity index (χ1v) is 7.77. The van der Waals surface area contributed by atoms with E-state index in [9.17, 15) is 8.42 Å². The van der Waals surface area contributed by atoms with E-state index in [1.807, 2.05) is 0 Å². The molecule has 0 radical (unpaired) electrons. The number of aliphatic hydroxyl groups is 1. The highest BCUT2D eigenvalue weighted by molar-refractivity contribution is 7.89. The maximum Gasteiger partial charge on any atom is 0.242 e. The Morgan fingerprint density at radius 1 is 1.59 bits per heavy atom. The summed E-state index contributed by atoms with van der Waals surface area (Å²) in [6.07, 6.45) is 1.65. The van der Waals surface area contributed by atoms with Crippen LogP contribution in [0.1, 0.15) is 17.7 Å². The summed E-state index contributed by atoms with van der Waals surface area (Å²) in [5, 5.41) is 10.7. The van der Waals surface area contributed by atoms with Crippen LogP contribution >= 0.6 is 11.3 Å². The molecule has 96 valence electrons. The molecule has 2 heterocycles. The molecule has 1 aliphatic heterocycles. The first-order chi connectivity index (χ1) is 8.13. The van der Waals surface area contributed by atoms with Gasteiger partial charge in [0.2, 0.25) is 10.0 Å². The van der Waals surface area contributed by atoms with Crippen LogP contribution in [0.5, 0.6) is 0 Å². The summed E-state index contributed by atoms with van der Waals surface area (Å²) in [7, 11) is -3.54. The molecule has 2 N–H and O–H groups in total. The van der Waals surface area contributed by atoms with E-state index < -0.39 is 10.0 Å². The van der Waals surface area contributed by atoms with Crippen LogP contribution in [0.15, 0.2) is 16.3 Å². The lowest BCUT2D eigenvalue weighted by Crippen LogP contribution is -2.40.